The van der Waals surface area contributed by atoms with Crippen LogP contribution < -0.4 is 5.32 Å². The molecule has 1 aromatic rings. The minimum absolute atomic E-state index is 0.338. The van der Waals surface area contributed by atoms with E-state index in [2.05, 4.69) is 5.32 Å². The number of halogens is 3. The number of anilines is 1. The van der Waals surface area contributed by atoms with E-state index in [-0.39, 0.29) is 0 Å². The Hall–Kier alpha value is -1.45. The SMILES string of the molecule is FCC1=CC(CF)(CF)Nc2ccccc21. The first kappa shape index (κ1) is 11.0. The largest absolute Gasteiger partial charge is 0.371 e. The highest BCUT2D eigenvalue weighted by Crippen LogP contribution is 2.34. The van der Waals surface area contributed by atoms with Gasteiger partial charge in [0, 0.05) is 11.3 Å². The molecule has 0 fully saturated rings. The average Bonchev–Trinajstić information content (AvgIpc) is 2.37. The van der Waals surface area contributed by atoms with Crippen LogP contribution in [0.2, 0.25) is 0 Å². The van der Waals surface area contributed by atoms with Gasteiger partial charge in [-0.15, -0.1) is 0 Å². The third-order valence-corrected chi connectivity index (χ3v) is 2.73. The topological polar surface area (TPSA) is 12.0 Å². The molecular weight excluding hydrogens is 215 g/mol. The summed E-state index contributed by atoms with van der Waals surface area (Å²) in [6.07, 6.45) is 1.31. The van der Waals surface area contributed by atoms with E-state index in [1.807, 2.05) is 0 Å². The lowest BCUT2D eigenvalue weighted by Gasteiger charge is -2.33. The molecule has 0 radical (unpaired) electrons. The van der Waals surface area contributed by atoms with Crippen molar-refractivity contribution in [2.75, 3.05) is 25.3 Å². The monoisotopic (exact) mass is 227 g/mol. The average molecular weight is 227 g/mol. The van der Waals surface area contributed by atoms with E-state index < -0.39 is 25.6 Å². The summed E-state index contributed by atoms with van der Waals surface area (Å²) in [5.74, 6) is 0. The van der Waals surface area contributed by atoms with E-state index >= 15 is 0 Å². The van der Waals surface area contributed by atoms with Gasteiger partial charge in [-0.05, 0) is 17.7 Å². The van der Waals surface area contributed by atoms with Gasteiger partial charge in [0.05, 0.1) is 0 Å². The Morgan fingerprint density at radius 3 is 2.38 bits per heavy atom. The summed E-state index contributed by atoms with van der Waals surface area (Å²) in [5.41, 5.74) is 0.176. The smallest absolute Gasteiger partial charge is 0.119 e. The van der Waals surface area contributed by atoms with Crippen LogP contribution in [-0.2, 0) is 0 Å². The van der Waals surface area contributed by atoms with Crippen molar-refractivity contribution in [1.29, 1.82) is 0 Å². The highest BCUT2D eigenvalue weighted by Gasteiger charge is 2.33. The maximum absolute atomic E-state index is 12.9. The summed E-state index contributed by atoms with van der Waals surface area (Å²) >= 11 is 0. The molecule has 16 heavy (non-hydrogen) atoms. The summed E-state index contributed by atoms with van der Waals surface area (Å²) < 4.78 is 38.6. The van der Waals surface area contributed by atoms with Crippen LogP contribution in [0.25, 0.3) is 5.57 Å². The van der Waals surface area contributed by atoms with Crippen LogP contribution in [0.4, 0.5) is 18.9 Å². The van der Waals surface area contributed by atoms with Crippen molar-refractivity contribution in [3.63, 3.8) is 0 Å². The van der Waals surface area contributed by atoms with Crippen LogP contribution in [0, 0.1) is 0 Å². The quantitative estimate of drug-likeness (QED) is 0.836. The summed E-state index contributed by atoms with van der Waals surface area (Å²) in [7, 11) is 0. The van der Waals surface area contributed by atoms with Gasteiger partial charge < -0.3 is 5.32 Å². The molecule has 1 aliphatic rings. The van der Waals surface area contributed by atoms with Crippen LogP contribution in [-0.4, -0.2) is 25.6 Å². The van der Waals surface area contributed by atoms with Gasteiger partial charge in [0.25, 0.3) is 0 Å². The number of hydrogen-bond acceptors (Lipinski definition) is 1. The van der Waals surface area contributed by atoms with E-state index in [4.69, 9.17) is 0 Å². The highest BCUT2D eigenvalue weighted by molar-refractivity contribution is 5.81. The van der Waals surface area contributed by atoms with E-state index in [9.17, 15) is 13.2 Å². The Balaban J connectivity index is 2.50. The molecule has 1 aromatic carbocycles. The van der Waals surface area contributed by atoms with Crippen LogP contribution in [0.15, 0.2) is 30.3 Å². The third kappa shape index (κ3) is 1.68. The Morgan fingerprint density at radius 2 is 1.75 bits per heavy atom. The zero-order chi connectivity index (χ0) is 11.6. The van der Waals surface area contributed by atoms with Gasteiger partial charge in [0.2, 0.25) is 0 Å². The molecule has 0 atom stereocenters. The fourth-order valence-electron chi connectivity index (χ4n) is 1.88. The van der Waals surface area contributed by atoms with Gasteiger partial charge in [-0.3, -0.25) is 0 Å². The summed E-state index contributed by atoms with van der Waals surface area (Å²) in [5, 5.41) is 2.78. The van der Waals surface area contributed by atoms with E-state index in [0.717, 1.165) is 0 Å². The first-order valence-corrected chi connectivity index (χ1v) is 5.02. The van der Waals surface area contributed by atoms with Crippen molar-refractivity contribution in [2.45, 2.75) is 5.54 Å². The molecule has 0 saturated heterocycles. The molecule has 1 nitrogen and oxygen atoms in total. The lowest BCUT2D eigenvalue weighted by atomic mass is 9.90. The Kier molecular flexibility index (Phi) is 2.90. The molecule has 0 amide bonds. The van der Waals surface area contributed by atoms with Crippen molar-refractivity contribution in [3.05, 3.63) is 35.9 Å². The lowest BCUT2D eigenvalue weighted by Crippen LogP contribution is -2.43. The molecule has 0 unspecified atom stereocenters. The zero-order valence-corrected chi connectivity index (χ0v) is 8.64. The predicted molar refractivity (Wildman–Crippen MR) is 58.7 cm³/mol. The zero-order valence-electron chi connectivity index (χ0n) is 8.64. The molecule has 4 heteroatoms. The van der Waals surface area contributed by atoms with Gasteiger partial charge in [0.15, 0.2) is 0 Å². The van der Waals surface area contributed by atoms with E-state index in [1.165, 1.54) is 6.08 Å². The van der Waals surface area contributed by atoms with Gasteiger partial charge in [-0.2, -0.15) is 0 Å². The van der Waals surface area contributed by atoms with Crippen LogP contribution in [0.1, 0.15) is 5.56 Å². The molecule has 0 aliphatic carbocycles. The molecule has 0 saturated carbocycles. The van der Waals surface area contributed by atoms with Gasteiger partial charge >= 0.3 is 0 Å². The van der Waals surface area contributed by atoms with Crippen molar-refractivity contribution in [1.82, 2.24) is 0 Å². The summed E-state index contributed by atoms with van der Waals surface area (Å²) in [6.45, 7) is -2.52. The maximum atomic E-state index is 12.9. The standard InChI is InChI=1S/C12H12F3N/c13-6-9-5-12(7-14,8-15)16-11-4-2-1-3-10(9)11/h1-5,16H,6-8H2. The second kappa shape index (κ2) is 4.20. The molecule has 0 bridgehead atoms. The van der Waals surface area contributed by atoms with E-state index in [1.54, 1.807) is 24.3 Å². The number of para-hydroxylation sites is 1. The Morgan fingerprint density at radius 1 is 1.06 bits per heavy atom. The minimum atomic E-state index is -1.41. The first-order chi connectivity index (χ1) is 7.74. The highest BCUT2D eigenvalue weighted by atomic mass is 19.1. The number of fused-ring (bicyclic) bond motifs is 1. The normalized spacial score (nSPS) is 17.3. The molecule has 0 aromatic heterocycles. The van der Waals surface area contributed by atoms with Crippen molar-refractivity contribution < 1.29 is 13.2 Å². The number of allylic oxidation sites excluding steroid dienone is 1. The molecule has 1 N–H and O–H groups in total. The fraction of sp³-hybridized carbons (Fsp3) is 0.333. The summed E-state index contributed by atoms with van der Waals surface area (Å²) in [4.78, 5) is 0. The van der Waals surface area contributed by atoms with Crippen LogP contribution >= 0.6 is 0 Å². The van der Waals surface area contributed by atoms with Crippen LogP contribution in [0.5, 0.6) is 0 Å². The number of benzene rings is 1. The first-order valence-electron chi connectivity index (χ1n) is 5.02. The van der Waals surface area contributed by atoms with Crippen molar-refractivity contribution in [3.8, 4) is 0 Å². The molecule has 86 valence electrons. The summed E-state index contributed by atoms with van der Waals surface area (Å²) in [6, 6.07) is 6.93. The number of nitrogens with one attached hydrogen (secondary N) is 1. The molecule has 1 aliphatic heterocycles. The van der Waals surface area contributed by atoms with E-state index in [0.29, 0.717) is 16.8 Å². The maximum Gasteiger partial charge on any atom is 0.119 e. The van der Waals surface area contributed by atoms with Gasteiger partial charge in [-0.25, -0.2) is 13.2 Å². The fourth-order valence-corrected chi connectivity index (χ4v) is 1.88. The molecular formula is C12H12F3N. The predicted octanol–water partition coefficient (Wildman–Crippen LogP) is 3.14. The third-order valence-electron chi connectivity index (χ3n) is 2.73. The number of hydrogen-bond donors (Lipinski definition) is 1. The van der Waals surface area contributed by atoms with Crippen molar-refractivity contribution in [2.24, 2.45) is 0 Å². The van der Waals surface area contributed by atoms with Crippen LogP contribution in [0.3, 0.4) is 0 Å². The molecule has 1 heterocycles. The Bertz CT molecular complexity index is 410. The molecule has 2 rings (SSSR count). The second-order valence-electron chi connectivity index (χ2n) is 3.90. The lowest BCUT2D eigenvalue weighted by molar-refractivity contribution is 0.308. The van der Waals surface area contributed by atoms with Crippen molar-refractivity contribution >= 4 is 11.3 Å². The number of rotatable bonds is 3. The van der Waals surface area contributed by atoms with Gasteiger partial charge in [0.1, 0.15) is 25.6 Å². The second-order valence-corrected chi connectivity index (χ2v) is 3.90. The Labute approximate surface area is 92.0 Å². The molecule has 0 spiro atoms. The number of alkyl halides is 3. The minimum Gasteiger partial charge on any atom is -0.371 e. The van der Waals surface area contributed by atoms with Gasteiger partial charge in [-0.1, -0.05) is 18.2 Å².